The number of pyridine rings is 1. The van der Waals surface area contributed by atoms with Crippen LogP contribution in [-0.2, 0) is 6.42 Å². The van der Waals surface area contributed by atoms with Crippen LogP contribution in [0, 0.1) is 0 Å². The fourth-order valence-electron chi connectivity index (χ4n) is 3.30. The molecule has 2 atom stereocenters. The zero-order valence-corrected chi connectivity index (χ0v) is 17.4. The summed E-state index contributed by atoms with van der Waals surface area (Å²) in [5.74, 6) is 0. The van der Waals surface area contributed by atoms with Gasteiger partial charge in [0.05, 0.1) is 17.8 Å². The van der Waals surface area contributed by atoms with E-state index < -0.39 is 0 Å². The molecule has 3 aromatic rings. The van der Waals surface area contributed by atoms with Crippen molar-refractivity contribution in [1.29, 1.82) is 0 Å². The van der Waals surface area contributed by atoms with Crippen LogP contribution in [0.1, 0.15) is 35.1 Å². The Kier molecular flexibility index (Phi) is 5.07. The van der Waals surface area contributed by atoms with Crippen molar-refractivity contribution in [3.05, 3.63) is 80.7 Å². The van der Waals surface area contributed by atoms with Crippen LogP contribution in [-0.4, -0.2) is 10.1 Å². The Labute approximate surface area is 171 Å². The van der Waals surface area contributed by atoms with E-state index in [1.54, 1.807) is 11.3 Å². The maximum Gasteiger partial charge on any atom is 0.174 e. The van der Waals surface area contributed by atoms with Crippen molar-refractivity contribution in [2.45, 2.75) is 25.4 Å². The lowest BCUT2D eigenvalue weighted by atomic mass is 10.0. The molecule has 0 saturated carbocycles. The number of thiocarbonyl (C=S) groups is 1. The number of aromatic nitrogens is 1. The van der Waals surface area contributed by atoms with E-state index in [9.17, 15) is 0 Å². The van der Waals surface area contributed by atoms with E-state index in [2.05, 4.69) is 79.8 Å². The molecular formula is C20H18BrN3S2. The minimum atomic E-state index is 0.0140. The first-order valence-electron chi connectivity index (χ1n) is 8.51. The molecule has 0 radical (unpaired) electrons. The molecule has 3 heterocycles. The van der Waals surface area contributed by atoms with Crippen molar-refractivity contribution in [1.82, 2.24) is 10.3 Å². The van der Waals surface area contributed by atoms with Gasteiger partial charge in [-0.2, -0.15) is 0 Å². The van der Waals surface area contributed by atoms with Crippen molar-refractivity contribution < 1.29 is 0 Å². The molecule has 1 aliphatic heterocycles. The Morgan fingerprint density at radius 3 is 2.65 bits per heavy atom. The molecule has 1 aromatic carbocycles. The molecule has 0 spiro atoms. The topological polar surface area (TPSA) is 28.2 Å². The quantitative estimate of drug-likeness (QED) is 0.527. The van der Waals surface area contributed by atoms with E-state index in [0.29, 0.717) is 0 Å². The minimum absolute atomic E-state index is 0.0140. The van der Waals surface area contributed by atoms with Crippen LogP contribution >= 0.6 is 39.5 Å². The van der Waals surface area contributed by atoms with Gasteiger partial charge in [-0.15, -0.1) is 11.3 Å². The lowest BCUT2D eigenvalue weighted by molar-refractivity contribution is 0.575. The van der Waals surface area contributed by atoms with Gasteiger partial charge in [-0.25, -0.2) is 0 Å². The zero-order chi connectivity index (χ0) is 18.1. The van der Waals surface area contributed by atoms with Gasteiger partial charge >= 0.3 is 0 Å². The summed E-state index contributed by atoms with van der Waals surface area (Å²) < 4.78 is 1.09. The van der Waals surface area contributed by atoms with Gasteiger partial charge in [-0.05, 0) is 70.5 Å². The Balaban J connectivity index is 1.79. The third kappa shape index (κ3) is 3.29. The monoisotopic (exact) mass is 443 g/mol. The summed E-state index contributed by atoms with van der Waals surface area (Å²) in [5, 5.41) is 6.34. The molecule has 6 heteroatoms. The Hall–Kier alpha value is -1.76. The Bertz CT molecular complexity index is 908. The van der Waals surface area contributed by atoms with Crippen LogP contribution < -0.4 is 10.2 Å². The fourth-order valence-corrected chi connectivity index (χ4v) is 5.21. The van der Waals surface area contributed by atoms with Crippen molar-refractivity contribution >= 4 is 50.3 Å². The number of nitrogens with one attached hydrogen (secondary N) is 1. The number of hydrogen-bond acceptors (Lipinski definition) is 3. The predicted octanol–water partition coefficient (Wildman–Crippen LogP) is 5.65. The Morgan fingerprint density at radius 1 is 1.23 bits per heavy atom. The van der Waals surface area contributed by atoms with E-state index in [-0.39, 0.29) is 12.1 Å². The molecule has 3 nitrogen and oxygen atoms in total. The van der Waals surface area contributed by atoms with Gasteiger partial charge < -0.3 is 10.2 Å². The lowest BCUT2D eigenvalue weighted by Gasteiger charge is -2.27. The Morgan fingerprint density at radius 2 is 2.04 bits per heavy atom. The van der Waals surface area contributed by atoms with Crippen molar-refractivity contribution in [3.63, 3.8) is 0 Å². The second-order valence-electron chi connectivity index (χ2n) is 6.18. The summed E-state index contributed by atoms with van der Waals surface area (Å²) >= 11 is 11.1. The van der Waals surface area contributed by atoms with Crippen LogP contribution in [0.3, 0.4) is 0 Å². The number of aryl methyl sites for hydroxylation is 1. The van der Waals surface area contributed by atoms with E-state index in [4.69, 9.17) is 12.2 Å². The fraction of sp³-hybridized carbons (Fsp3) is 0.200. The van der Waals surface area contributed by atoms with Crippen LogP contribution in [0.25, 0.3) is 0 Å². The highest BCUT2D eigenvalue weighted by Crippen LogP contribution is 2.44. The number of halogens is 1. The van der Waals surface area contributed by atoms with Crippen molar-refractivity contribution in [2.75, 3.05) is 4.90 Å². The molecular weight excluding hydrogens is 426 g/mol. The highest BCUT2D eigenvalue weighted by atomic mass is 79.9. The van der Waals surface area contributed by atoms with Gasteiger partial charge in [0.1, 0.15) is 0 Å². The number of rotatable bonds is 4. The number of nitrogens with zero attached hydrogens (tertiary/aromatic N) is 2. The number of hydrogen-bond donors (Lipinski definition) is 1. The third-order valence-electron chi connectivity index (χ3n) is 4.60. The minimum Gasteiger partial charge on any atom is -0.351 e. The van der Waals surface area contributed by atoms with E-state index >= 15 is 0 Å². The molecule has 1 N–H and O–H groups in total. The molecule has 1 saturated heterocycles. The van der Waals surface area contributed by atoms with E-state index in [0.717, 1.165) is 27.4 Å². The smallest absolute Gasteiger partial charge is 0.174 e. The predicted molar refractivity (Wildman–Crippen MR) is 116 cm³/mol. The molecule has 0 amide bonds. The molecule has 0 bridgehead atoms. The normalized spacial score (nSPS) is 19.6. The van der Waals surface area contributed by atoms with Gasteiger partial charge in [0, 0.05) is 26.6 Å². The highest BCUT2D eigenvalue weighted by Gasteiger charge is 2.41. The van der Waals surface area contributed by atoms with Crippen molar-refractivity contribution in [3.8, 4) is 0 Å². The molecule has 1 fully saturated rings. The molecule has 2 unspecified atom stereocenters. The van der Waals surface area contributed by atoms with Crippen molar-refractivity contribution in [2.24, 2.45) is 0 Å². The van der Waals surface area contributed by atoms with Gasteiger partial charge in [0.2, 0.25) is 0 Å². The van der Waals surface area contributed by atoms with Crippen LogP contribution in [0.5, 0.6) is 0 Å². The summed E-state index contributed by atoms with van der Waals surface area (Å²) in [6.07, 6.45) is 2.86. The lowest BCUT2D eigenvalue weighted by Crippen LogP contribution is -2.29. The SMILES string of the molecule is CCc1ccc(N2C(=S)NC(c3ccccn3)C2c2cc(Br)cs2)cc1. The number of benzene rings is 1. The van der Waals surface area contributed by atoms with Gasteiger partial charge in [-0.1, -0.05) is 25.1 Å². The zero-order valence-electron chi connectivity index (χ0n) is 14.2. The first-order valence-corrected chi connectivity index (χ1v) is 10.6. The van der Waals surface area contributed by atoms with Gasteiger partial charge in [0.15, 0.2) is 5.11 Å². The molecule has 4 rings (SSSR count). The molecule has 1 aliphatic rings. The average molecular weight is 444 g/mol. The maximum atomic E-state index is 5.72. The summed E-state index contributed by atoms with van der Waals surface area (Å²) in [4.78, 5) is 8.04. The standard InChI is InChI=1S/C20H18BrN3S2/c1-2-13-6-8-15(9-7-13)24-19(17-11-14(21)12-26-17)18(23-20(24)25)16-5-3-4-10-22-16/h3-12,18-19H,2H2,1H3,(H,23,25). The summed E-state index contributed by atoms with van der Waals surface area (Å²) in [5.41, 5.74) is 3.42. The third-order valence-corrected chi connectivity index (χ3v) is 6.68. The second-order valence-corrected chi connectivity index (χ2v) is 8.43. The molecule has 0 aliphatic carbocycles. The first kappa shape index (κ1) is 17.6. The van der Waals surface area contributed by atoms with Gasteiger partial charge in [0.25, 0.3) is 0 Å². The van der Waals surface area contributed by atoms with Crippen LogP contribution in [0.15, 0.2) is 64.6 Å². The molecule has 26 heavy (non-hydrogen) atoms. The van der Waals surface area contributed by atoms with E-state index in [1.807, 2.05) is 18.3 Å². The number of anilines is 1. The average Bonchev–Trinajstić information content (AvgIpc) is 3.25. The van der Waals surface area contributed by atoms with Crippen LogP contribution in [0.4, 0.5) is 5.69 Å². The van der Waals surface area contributed by atoms with Crippen LogP contribution in [0.2, 0.25) is 0 Å². The maximum absolute atomic E-state index is 5.72. The summed E-state index contributed by atoms with van der Waals surface area (Å²) in [7, 11) is 0. The molecule has 2 aromatic heterocycles. The van der Waals surface area contributed by atoms with E-state index in [1.165, 1.54) is 10.4 Å². The largest absolute Gasteiger partial charge is 0.351 e. The summed E-state index contributed by atoms with van der Waals surface area (Å²) in [6.45, 7) is 2.17. The first-order chi connectivity index (χ1) is 12.7. The second kappa shape index (κ2) is 7.47. The highest BCUT2D eigenvalue weighted by molar-refractivity contribution is 9.10. The van der Waals surface area contributed by atoms with Gasteiger partial charge in [-0.3, -0.25) is 4.98 Å². The summed E-state index contributed by atoms with van der Waals surface area (Å²) in [6, 6.07) is 16.9. The molecule has 132 valence electrons. The number of thiophene rings is 1.